The van der Waals surface area contributed by atoms with Crippen molar-refractivity contribution in [2.45, 2.75) is 205 Å². The molecule has 0 fully saturated rings. The molecule has 1 aromatic heterocycles. The molecule has 0 aliphatic rings. The van der Waals surface area contributed by atoms with Crippen LogP contribution in [0.2, 0.25) is 0 Å². The Hall–Kier alpha value is -1.50. The number of amides is 1. The van der Waals surface area contributed by atoms with Crippen LogP contribution < -0.4 is 9.88 Å². The molecule has 4 N–H and O–H groups in total. The Bertz CT molecular complexity index is 763. The summed E-state index contributed by atoms with van der Waals surface area (Å²) >= 11 is 0. The van der Waals surface area contributed by atoms with Crippen molar-refractivity contribution in [1.29, 1.82) is 0 Å². The van der Waals surface area contributed by atoms with E-state index in [1.807, 2.05) is 0 Å². The predicted octanol–water partition coefficient (Wildman–Crippen LogP) is 8.73. The van der Waals surface area contributed by atoms with E-state index in [0.29, 0.717) is 12.8 Å². The summed E-state index contributed by atoms with van der Waals surface area (Å²) in [6.07, 6.45) is 34.3. The molecule has 1 aromatic rings. The highest BCUT2D eigenvalue weighted by atomic mass is 16.3. The van der Waals surface area contributed by atoms with Crippen LogP contribution in [0.25, 0.3) is 0 Å². The fourth-order valence-electron chi connectivity index (χ4n) is 6.26. The molecule has 262 valence electrons. The van der Waals surface area contributed by atoms with Gasteiger partial charge in [0.25, 0.3) is 0 Å². The Morgan fingerprint density at radius 3 is 1.49 bits per heavy atom. The standard InChI is InChI=1S/C39H72N2O4/c1-2-3-4-5-6-7-8-12-15-18-21-25-30-37(43)39(45)36(35-42)40-38(44)31-26-22-19-16-13-10-9-11-14-17-20-23-27-32-41-33-28-24-29-34-41/h24,28-29,33-34,36-37,39,42-43,45H,2-23,25-27,30-32,35H2,1H3/p+1/t36-,37+,39-/m0/s1. The number of rotatable bonds is 33. The van der Waals surface area contributed by atoms with Crippen molar-refractivity contribution in [3.05, 3.63) is 30.6 Å². The van der Waals surface area contributed by atoms with E-state index in [-0.39, 0.29) is 12.5 Å². The molecule has 0 radical (unpaired) electrons. The smallest absolute Gasteiger partial charge is 0.220 e. The number of nitrogens with zero attached hydrogens (tertiary/aromatic N) is 1. The van der Waals surface area contributed by atoms with Gasteiger partial charge in [0.15, 0.2) is 12.4 Å². The first-order chi connectivity index (χ1) is 22.1. The van der Waals surface area contributed by atoms with Crippen LogP contribution in [0.3, 0.4) is 0 Å². The Morgan fingerprint density at radius 2 is 1.02 bits per heavy atom. The Morgan fingerprint density at radius 1 is 0.600 bits per heavy atom. The van der Waals surface area contributed by atoms with Crippen LogP contribution in [-0.4, -0.2) is 46.1 Å². The van der Waals surface area contributed by atoms with Gasteiger partial charge < -0.3 is 20.6 Å². The predicted molar refractivity (Wildman–Crippen MR) is 188 cm³/mol. The molecule has 6 nitrogen and oxygen atoms in total. The number of unbranched alkanes of at least 4 members (excludes halogenated alkanes) is 23. The van der Waals surface area contributed by atoms with Gasteiger partial charge in [-0.3, -0.25) is 4.79 Å². The molecule has 0 aliphatic heterocycles. The average molecular weight is 634 g/mol. The van der Waals surface area contributed by atoms with Crippen molar-refractivity contribution >= 4 is 5.91 Å². The lowest BCUT2D eigenvalue weighted by atomic mass is 9.99. The third-order valence-corrected chi connectivity index (χ3v) is 9.30. The number of nitrogens with one attached hydrogen (secondary N) is 1. The molecule has 6 heteroatoms. The fourth-order valence-corrected chi connectivity index (χ4v) is 6.26. The highest BCUT2D eigenvalue weighted by Crippen LogP contribution is 2.16. The fraction of sp³-hybridized carbons (Fsp3) is 0.846. The highest BCUT2D eigenvalue weighted by Gasteiger charge is 2.26. The number of aliphatic hydroxyl groups is 3. The zero-order valence-electron chi connectivity index (χ0n) is 29.3. The quantitative estimate of drug-likeness (QED) is 0.0460. The number of aryl methyl sites for hydroxylation is 1. The summed E-state index contributed by atoms with van der Waals surface area (Å²) in [5.41, 5.74) is 0. The molecule has 1 amide bonds. The lowest BCUT2D eigenvalue weighted by Gasteiger charge is -2.26. The Kier molecular flexibility index (Phi) is 28.7. The van der Waals surface area contributed by atoms with Gasteiger partial charge in [0.2, 0.25) is 5.91 Å². The van der Waals surface area contributed by atoms with Crippen molar-refractivity contribution in [1.82, 2.24) is 5.32 Å². The van der Waals surface area contributed by atoms with Gasteiger partial charge in [0, 0.05) is 25.0 Å². The molecule has 0 unspecified atom stereocenters. The highest BCUT2D eigenvalue weighted by molar-refractivity contribution is 5.76. The molecular formula is C39H73N2O4+. The molecule has 3 atom stereocenters. The van der Waals surface area contributed by atoms with Gasteiger partial charge in [0.05, 0.1) is 18.8 Å². The topological polar surface area (TPSA) is 93.7 Å². The Balaban J connectivity index is 1.91. The summed E-state index contributed by atoms with van der Waals surface area (Å²) in [6, 6.07) is 5.44. The summed E-state index contributed by atoms with van der Waals surface area (Å²) in [4.78, 5) is 12.4. The number of hydrogen-bond acceptors (Lipinski definition) is 4. The molecule has 0 bridgehead atoms. The maximum Gasteiger partial charge on any atom is 0.220 e. The van der Waals surface area contributed by atoms with E-state index in [4.69, 9.17) is 0 Å². The first-order valence-electron chi connectivity index (χ1n) is 19.3. The first kappa shape index (κ1) is 41.5. The molecule has 1 rings (SSSR count). The van der Waals surface area contributed by atoms with Crippen molar-refractivity contribution < 1.29 is 24.7 Å². The van der Waals surface area contributed by atoms with Crippen molar-refractivity contribution in [2.24, 2.45) is 0 Å². The number of pyridine rings is 1. The minimum atomic E-state index is -1.13. The molecule has 0 saturated heterocycles. The van der Waals surface area contributed by atoms with Crippen LogP contribution in [-0.2, 0) is 11.3 Å². The van der Waals surface area contributed by atoms with Gasteiger partial charge in [-0.15, -0.1) is 0 Å². The van der Waals surface area contributed by atoms with Crippen molar-refractivity contribution in [2.75, 3.05) is 6.61 Å². The minimum absolute atomic E-state index is 0.149. The number of aromatic nitrogens is 1. The van der Waals surface area contributed by atoms with Gasteiger partial charge in [-0.05, 0) is 19.3 Å². The summed E-state index contributed by atoms with van der Waals surface area (Å²) < 4.78 is 2.26. The molecular weight excluding hydrogens is 560 g/mol. The van der Waals surface area contributed by atoms with Crippen LogP contribution in [0, 0.1) is 0 Å². The lowest BCUT2D eigenvalue weighted by Crippen LogP contribution is -2.50. The third-order valence-electron chi connectivity index (χ3n) is 9.30. The van der Waals surface area contributed by atoms with Crippen LogP contribution in [0.5, 0.6) is 0 Å². The molecule has 0 spiro atoms. The zero-order chi connectivity index (χ0) is 32.6. The SMILES string of the molecule is CCCCCCCCCCCCCC[C@@H](O)[C@@H](O)[C@H](CO)NC(=O)CCCCCCCCCCCCCCC[n+]1ccccc1. The number of carbonyl (C=O) groups is 1. The number of carbonyl (C=O) groups excluding carboxylic acids is 1. The summed E-state index contributed by atoms with van der Waals surface area (Å²) in [5.74, 6) is -0.149. The number of aliphatic hydroxyl groups excluding tert-OH is 3. The number of hydrogen-bond donors (Lipinski definition) is 4. The van der Waals surface area contributed by atoms with E-state index in [9.17, 15) is 20.1 Å². The van der Waals surface area contributed by atoms with Crippen LogP contribution in [0.15, 0.2) is 30.6 Å². The van der Waals surface area contributed by atoms with Crippen LogP contribution in [0.4, 0.5) is 0 Å². The van der Waals surface area contributed by atoms with Gasteiger partial charge >= 0.3 is 0 Å². The maximum atomic E-state index is 12.4. The molecule has 0 aliphatic carbocycles. The normalized spacial score (nSPS) is 13.5. The Labute approximate surface area is 277 Å². The lowest BCUT2D eigenvalue weighted by molar-refractivity contribution is -0.697. The maximum absolute atomic E-state index is 12.4. The summed E-state index contributed by atoms with van der Waals surface area (Å²) in [6.45, 7) is 3.02. The second-order valence-electron chi connectivity index (χ2n) is 13.6. The monoisotopic (exact) mass is 634 g/mol. The zero-order valence-corrected chi connectivity index (χ0v) is 29.3. The van der Waals surface area contributed by atoms with Crippen molar-refractivity contribution in [3.8, 4) is 0 Å². The molecule has 0 aromatic carbocycles. The minimum Gasteiger partial charge on any atom is -0.394 e. The second-order valence-corrected chi connectivity index (χ2v) is 13.6. The largest absolute Gasteiger partial charge is 0.394 e. The van der Waals surface area contributed by atoms with Gasteiger partial charge in [-0.25, -0.2) is 4.57 Å². The molecule has 0 saturated carbocycles. The van der Waals surface area contributed by atoms with E-state index >= 15 is 0 Å². The van der Waals surface area contributed by atoms with Crippen LogP contribution >= 0.6 is 0 Å². The van der Waals surface area contributed by atoms with E-state index in [2.05, 4.69) is 47.4 Å². The van der Waals surface area contributed by atoms with Crippen molar-refractivity contribution in [3.63, 3.8) is 0 Å². The van der Waals surface area contributed by atoms with Gasteiger partial charge in [-0.1, -0.05) is 154 Å². The summed E-state index contributed by atoms with van der Waals surface area (Å²) in [7, 11) is 0. The van der Waals surface area contributed by atoms with E-state index < -0.39 is 18.2 Å². The van der Waals surface area contributed by atoms with Gasteiger partial charge in [-0.2, -0.15) is 0 Å². The molecule has 45 heavy (non-hydrogen) atoms. The molecule has 1 heterocycles. The third kappa shape index (κ3) is 25.3. The van der Waals surface area contributed by atoms with Gasteiger partial charge in [0.1, 0.15) is 12.6 Å². The first-order valence-corrected chi connectivity index (χ1v) is 19.3. The van der Waals surface area contributed by atoms with E-state index in [0.717, 1.165) is 45.1 Å². The van der Waals surface area contributed by atoms with Crippen LogP contribution in [0.1, 0.15) is 180 Å². The van der Waals surface area contributed by atoms with E-state index in [1.54, 1.807) is 0 Å². The van der Waals surface area contributed by atoms with E-state index in [1.165, 1.54) is 122 Å². The summed E-state index contributed by atoms with van der Waals surface area (Å²) in [5, 5.41) is 33.4. The average Bonchev–Trinajstić information content (AvgIpc) is 3.05. The second kappa shape index (κ2) is 31.1.